The van der Waals surface area contributed by atoms with Crippen LogP contribution in [0, 0.1) is 5.82 Å². The molecule has 7 nitrogen and oxygen atoms in total. The van der Waals surface area contributed by atoms with Gasteiger partial charge in [0.15, 0.2) is 11.6 Å². The van der Waals surface area contributed by atoms with Gasteiger partial charge in [0.2, 0.25) is 6.10 Å². The second-order valence-electron chi connectivity index (χ2n) is 6.68. The Balaban J connectivity index is 1.64. The average Bonchev–Trinajstić information content (AvgIpc) is 3.22. The lowest BCUT2D eigenvalue weighted by Gasteiger charge is -2.35. The molecule has 0 aromatic heterocycles. The van der Waals surface area contributed by atoms with Crippen LogP contribution in [0.25, 0.3) is 0 Å². The van der Waals surface area contributed by atoms with Crippen LogP contribution in [0.5, 0.6) is 5.75 Å². The average molecular weight is 333 g/mol. The Labute approximate surface area is 137 Å². The number of hydrogen-bond donors (Lipinski definition) is 1. The van der Waals surface area contributed by atoms with E-state index in [9.17, 15) is 14.0 Å². The van der Waals surface area contributed by atoms with Gasteiger partial charge in [0.1, 0.15) is 12.3 Å². The van der Waals surface area contributed by atoms with Crippen molar-refractivity contribution in [2.45, 2.75) is 37.5 Å². The Hall–Kier alpha value is -2.51. The molecule has 5 rings (SSSR count). The standard InChI is InChI=1S/C16H16FN3O4/c17-9-5-10-8(4-11-14(15(18)21)24-16(22)20(10)11)13-12(9)19-3-1-2-7(19)6-23-13/h5,7,11,14H,1-4,6H2,(H2,18,21)/t7?,11-,14+/m0/s1. The first-order valence-electron chi connectivity index (χ1n) is 8.10. The van der Waals surface area contributed by atoms with E-state index in [-0.39, 0.29) is 6.04 Å². The van der Waals surface area contributed by atoms with Gasteiger partial charge in [-0.3, -0.25) is 9.69 Å². The van der Waals surface area contributed by atoms with E-state index >= 15 is 0 Å². The van der Waals surface area contributed by atoms with E-state index in [0.29, 0.717) is 30.2 Å². The molecule has 2 saturated heterocycles. The van der Waals surface area contributed by atoms with Crippen molar-refractivity contribution in [1.82, 2.24) is 0 Å². The van der Waals surface area contributed by atoms with Gasteiger partial charge in [0, 0.05) is 24.6 Å². The van der Waals surface area contributed by atoms with Gasteiger partial charge in [-0.1, -0.05) is 0 Å². The van der Waals surface area contributed by atoms with Crippen molar-refractivity contribution in [2.24, 2.45) is 5.73 Å². The van der Waals surface area contributed by atoms with Crippen LogP contribution in [0.1, 0.15) is 18.4 Å². The molecule has 3 atom stereocenters. The van der Waals surface area contributed by atoms with Gasteiger partial charge in [-0.05, 0) is 12.8 Å². The number of amides is 2. The van der Waals surface area contributed by atoms with Gasteiger partial charge >= 0.3 is 6.09 Å². The summed E-state index contributed by atoms with van der Waals surface area (Å²) in [5.41, 5.74) is 6.98. The quantitative estimate of drug-likeness (QED) is 0.826. The Morgan fingerprint density at radius 3 is 3.04 bits per heavy atom. The minimum atomic E-state index is -1.02. The van der Waals surface area contributed by atoms with Gasteiger partial charge in [-0.2, -0.15) is 0 Å². The van der Waals surface area contributed by atoms with Crippen LogP contribution >= 0.6 is 0 Å². The smallest absolute Gasteiger partial charge is 0.415 e. The minimum absolute atomic E-state index is 0.203. The second kappa shape index (κ2) is 4.52. The van der Waals surface area contributed by atoms with Gasteiger partial charge in [0.25, 0.3) is 5.91 Å². The van der Waals surface area contributed by atoms with Crippen LogP contribution < -0.4 is 20.3 Å². The molecule has 8 heteroatoms. The van der Waals surface area contributed by atoms with E-state index < -0.39 is 30.0 Å². The first-order chi connectivity index (χ1) is 11.6. The highest BCUT2D eigenvalue weighted by Crippen LogP contribution is 2.51. The molecule has 2 N–H and O–H groups in total. The Bertz CT molecular complexity index is 783. The highest BCUT2D eigenvalue weighted by Gasteiger charge is 2.52. The summed E-state index contributed by atoms with van der Waals surface area (Å²) in [6, 6.07) is 1.02. The molecule has 0 bridgehead atoms. The zero-order valence-electron chi connectivity index (χ0n) is 12.8. The molecular formula is C16H16FN3O4. The number of nitrogens with two attached hydrogens (primary N) is 1. The SMILES string of the molecule is NC(=O)[C@@H]1OC(=O)N2c3cc(F)c4c(c3C[C@@H]12)OCC1CCCN41. The summed E-state index contributed by atoms with van der Waals surface area (Å²) in [4.78, 5) is 27.1. The summed E-state index contributed by atoms with van der Waals surface area (Å²) >= 11 is 0. The highest BCUT2D eigenvalue weighted by molar-refractivity contribution is 6.00. The van der Waals surface area contributed by atoms with Crippen LogP contribution in [0.4, 0.5) is 20.6 Å². The molecule has 126 valence electrons. The third-order valence-electron chi connectivity index (χ3n) is 5.43. The molecule has 1 unspecified atom stereocenters. The molecule has 2 amide bonds. The van der Waals surface area contributed by atoms with Crippen LogP contribution in [0.3, 0.4) is 0 Å². The van der Waals surface area contributed by atoms with Gasteiger partial charge in [-0.15, -0.1) is 0 Å². The normalized spacial score (nSPS) is 29.5. The lowest BCUT2D eigenvalue weighted by molar-refractivity contribution is -0.125. The van der Waals surface area contributed by atoms with E-state index in [1.165, 1.54) is 11.0 Å². The number of halogens is 1. The number of nitrogens with zero attached hydrogens (tertiary/aromatic N) is 2. The number of cyclic esters (lactones) is 1. The van der Waals surface area contributed by atoms with Crippen molar-refractivity contribution in [3.63, 3.8) is 0 Å². The van der Waals surface area contributed by atoms with Crippen LogP contribution in [-0.4, -0.2) is 43.3 Å². The predicted molar refractivity (Wildman–Crippen MR) is 81.7 cm³/mol. The number of benzene rings is 1. The third kappa shape index (κ3) is 1.60. The highest BCUT2D eigenvalue weighted by atomic mass is 19.1. The van der Waals surface area contributed by atoms with Crippen LogP contribution in [0.2, 0.25) is 0 Å². The van der Waals surface area contributed by atoms with E-state index in [2.05, 4.69) is 4.90 Å². The number of fused-ring (bicyclic) bond motifs is 7. The largest absolute Gasteiger partial charge is 0.489 e. The van der Waals surface area contributed by atoms with E-state index in [4.69, 9.17) is 15.2 Å². The van der Waals surface area contributed by atoms with Gasteiger partial charge in [0.05, 0.1) is 17.8 Å². The molecule has 0 aliphatic carbocycles. The van der Waals surface area contributed by atoms with Crippen molar-refractivity contribution in [2.75, 3.05) is 23.0 Å². The van der Waals surface area contributed by atoms with Crippen molar-refractivity contribution in [3.8, 4) is 5.75 Å². The molecule has 0 radical (unpaired) electrons. The summed E-state index contributed by atoms with van der Waals surface area (Å²) in [5, 5.41) is 0. The maximum atomic E-state index is 14.8. The number of hydrogen-bond acceptors (Lipinski definition) is 5. The lowest BCUT2D eigenvalue weighted by Crippen LogP contribution is -2.41. The van der Waals surface area contributed by atoms with Gasteiger partial charge < -0.3 is 20.1 Å². The Kier molecular flexibility index (Phi) is 2.62. The molecular weight excluding hydrogens is 317 g/mol. The summed E-state index contributed by atoms with van der Waals surface area (Å²) in [7, 11) is 0. The fourth-order valence-electron chi connectivity index (χ4n) is 4.41. The maximum Gasteiger partial charge on any atom is 0.415 e. The Morgan fingerprint density at radius 1 is 1.42 bits per heavy atom. The van der Waals surface area contributed by atoms with Gasteiger partial charge in [-0.25, -0.2) is 9.18 Å². The van der Waals surface area contributed by atoms with Crippen molar-refractivity contribution in [1.29, 1.82) is 0 Å². The molecule has 2 fully saturated rings. The topological polar surface area (TPSA) is 85.1 Å². The summed E-state index contributed by atoms with van der Waals surface area (Å²) < 4.78 is 25.7. The monoisotopic (exact) mass is 333 g/mol. The fraction of sp³-hybridized carbons (Fsp3) is 0.500. The molecule has 4 heterocycles. The number of carbonyl (C=O) groups is 2. The summed E-state index contributed by atoms with van der Waals surface area (Å²) in [6.45, 7) is 1.31. The molecule has 0 spiro atoms. The molecule has 24 heavy (non-hydrogen) atoms. The van der Waals surface area contributed by atoms with E-state index in [1.807, 2.05) is 0 Å². The lowest BCUT2D eigenvalue weighted by atomic mass is 10.0. The van der Waals surface area contributed by atoms with E-state index in [0.717, 1.165) is 24.9 Å². The van der Waals surface area contributed by atoms with Crippen LogP contribution in [-0.2, 0) is 16.0 Å². The van der Waals surface area contributed by atoms with E-state index in [1.54, 1.807) is 0 Å². The first kappa shape index (κ1) is 13.9. The predicted octanol–water partition coefficient (Wildman–Crippen LogP) is 0.922. The molecule has 1 aromatic carbocycles. The number of anilines is 2. The third-order valence-corrected chi connectivity index (χ3v) is 5.43. The molecule has 4 aliphatic heterocycles. The van der Waals surface area contributed by atoms with Crippen molar-refractivity contribution < 1.29 is 23.5 Å². The Morgan fingerprint density at radius 2 is 2.25 bits per heavy atom. The summed E-state index contributed by atoms with van der Waals surface area (Å²) in [5.74, 6) is -0.613. The van der Waals surface area contributed by atoms with Crippen molar-refractivity contribution >= 4 is 23.4 Å². The molecule has 4 aliphatic rings. The minimum Gasteiger partial charge on any atom is -0.489 e. The number of ether oxygens (including phenoxy) is 2. The second-order valence-corrected chi connectivity index (χ2v) is 6.68. The molecule has 0 saturated carbocycles. The number of primary amides is 1. The van der Waals surface area contributed by atoms with Crippen molar-refractivity contribution in [3.05, 3.63) is 17.4 Å². The zero-order chi connectivity index (χ0) is 16.6. The number of rotatable bonds is 1. The fourth-order valence-corrected chi connectivity index (χ4v) is 4.41. The molecule has 1 aromatic rings. The maximum absolute atomic E-state index is 14.8. The zero-order valence-corrected chi connectivity index (χ0v) is 12.8. The summed E-state index contributed by atoms with van der Waals surface area (Å²) in [6.07, 6.45) is 0.675. The number of carbonyl (C=O) groups excluding carboxylic acids is 2. The van der Waals surface area contributed by atoms with Crippen LogP contribution in [0.15, 0.2) is 6.07 Å². The first-order valence-corrected chi connectivity index (χ1v) is 8.10.